The van der Waals surface area contributed by atoms with Crippen molar-refractivity contribution in [1.82, 2.24) is 58.5 Å². The van der Waals surface area contributed by atoms with Gasteiger partial charge in [-0.15, -0.1) is 0 Å². The van der Waals surface area contributed by atoms with E-state index in [9.17, 15) is 63.0 Å². The van der Waals surface area contributed by atoms with Crippen LogP contribution in [0.3, 0.4) is 0 Å². The van der Waals surface area contributed by atoms with Crippen LogP contribution in [0, 0.1) is 5.92 Å². The van der Waals surface area contributed by atoms with Gasteiger partial charge in [0.25, 0.3) is 5.91 Å². The maximum Gasteiger partial charge on any atom is 0.251 e. The Balaban J connectivity index is 2.04. The number of aliphatic hydroxyl groups is 2. The van der Waals surface area contributed by atoms with E-state index in [1.807, 2.05) is 30.3 Å². The molecule has 0 aliphatic carbocycles. The van der Waals surface area contributed by atoms with Gasteiger partial charge in [-0.05, 0) is 133 Å². The quantitative estimate of drug-likeness (QED) is 0.0334. The van der Waals surface area contributed by atoms with E-state index in [1.165, 1.54) is 25.6 Å². The molecule has 1 saturated heterocycles. The molecule has 0 bridgehead atoms. The molecule has 12 atom stereocenters. The van der Waals surface area contributed by atoms with E-state index in [4.69, 9.17) is 28.7 Å². The van der Waals surface area contributed by atoms with Gasteiger partial charge in [-0.3, -0.25) is 52.7 Å². The van der Waals surface area contributed by atoms with Gasteiger partial charge in [-0.25, -0.2) is 0 Å². The summed E-state index contributed by atoms with van der Waals surface area (Å²) in [7, 11) is 0. The summed E-state index contributed by atoms with van der Waals surface area (Å²) < 4.78 is 0. The standard InChI is InChI=1S/C60H98N16O13S/c1-6-7-8-12-31-90-33-47-58(87)73-46(32-34(2)3)57(86)70-40(19-25-61)51(80)69-44(23-29-65)56(85)75-48(35(4)77)59(88)66-30-24-45(54(83)68-41(20-26-62)53(82)74-47)71-52(81)42(21-27-63)72-60(89)49(36(5)78)76-55(84)43(22-28-64)67-50(79)39-17-15-38(16-18-39)37-13-10-9-11-14-37/h9-11,13-18,34-36,40-49,77-78H,6-8,12,19-33,61-65H2,1-5H3,(H,66,88)(H,67,79)(H,68,83)(H,69,80)(H,70,86)(H,71,81)(H,72,89)(H,73,87)(H,74,82)(H,75,85)(H,76,84)/t35?,36?,40-,41-,42-,43-,44-,45-,46-,47+,48-,49-/m0/s1. The molecule has 23 N–H and O–H groups in total. The molecule has 1 aliphatic rings. The van der Waals surface area contributed by atoms with Gasteiger partial charge in [0.05, 0.1) is 12.2 Å². The molecule has 3 rings (SSSR count). The van der Waals surface area contributed by atoms with Crippen LogP contribution in [-0.2, 0) is 47.9 Å². The zero-order chi connectivity index (χ0) is 66.9. The van der Waals surface area contributed by atoms with Crippen molar-refractivity contribution < 1.29 is 63.0 Å². The van der Waals surface area contributed by atoms with Crippen molar-refractivity contribution in [3.8, 4) is 11.1 Å². The smallest absolute Gasteiger partial charge is 0.251 e. The number of amides is 11. The molecular weight excluding hydrogens is 1180 g/mol. The second-order valence-electron chi connectivity index (χ2n) is 22.6. The third kappa shape index (κ3) is 26.3. The summed E-state index contributed by atoms with van der Waals surface area (Å²) in [6.45, 7) is 6.84. The van der Waals surface area contributed by atoms with Crippen LogP contribution in [0.4, 0.5) is 0 Å². The predicted octanol–water partition coefficient (Wildman–Crippen LogP) is -3.80. The second kappa shape index (κ2) is 41.1. The Morgan fingerprint density at radius 3 is 1.58 bits per heavy atom. The van der Waals surface area contributed by atoms with Crippen molar-refractivity contribution in [3.05, 3.63) is 60.2 Å². The number of hydrogen-bond acceptors (Lipinski definition) is 19. The summed E-state index contributed by atoms with van der Waals surface area (Å²) in [5.41, 5.74) is 31.5. The van der Waals surface area contributed by atoms with Gasteiger partial charge < -0.3 is 97.4 Å². The van der Waals surface area contributed by atoms with Gasteiger partial charge in [-0.1, -0.05) is 82.5 Å². The SMILES string of the molecule is CCCCCCSC[C@H]1NC(=O)[C@H](CCN)NC(=O)[C@@H](NC(=O)[C@H](CCN)NC(=O)[C@@H](NC(=O)[C@H](CCN)NC(=O)c2ccc(-c3ccccc3)cc2)C(C)O)CCNC(=O)[C@H](C(C)O)NC(=O)[C@H](CCN)NC(=O)[C@H](CCN)NC(=O)[C@H](CC(C)C)NC1=O. The normalized spacial score (nSPS) is 21.9. The number of carbonyl (C=O) groups is 11. The van der Waals surface area contributed by atoms with Gasteiger partial charge in [0, 0.05) is 17.9 Å². The van der Waals surface area contributed by atoms with Crippen LogP contribution in [-0.4, -0.2) is 199 Å². The highest BCUT2D eigenvalue weighted by molar-refractivity contribution is 7.99. The molecule has 502 valence electrons. The molecule has 0 aromatic heterocycles. The molecule has 1 aliphatic heterocycles. The fraction of sp³-hybridized carbons (Fsp3) is 0.617. The number of benzene rings is 2. The van der Waals surface area contributed by atoms with E-state index >= 15 is 0 Å². The fourth-order valence-electron chi connectivity index (χ4n) is 9.51. The first kappa shape index (κ1) is 76.9. The number of rotatable bonds is 30. The number of nitrogens with two attached hydrogens (primary N) is 5. The van der Waals surface area contributed by atoms with Crippen molar-refractivity contribution in [2.75, 3.05) is 50.8 Å². The summed E-state index contributed by atoms with van der Waals surface area (Å²) in [6.07, 6.45) is -0.781. The second-order valence-corrected chi connectivity index (χ2v) is 23.7. The van der Waals surface area contributed by atoms with Gasteiger partial charge in [0.2, 0.25) is 59.1 Å². The lowest BCUT2D eigenvalue weighted by Gasteiger charge is -2.29. The molecule has 11 amide bonds. The number of aliphatic hydroxyl groups excluding tert-OH is 2. The van der Waals surface area contributed by atoms with Gasteiger partial charge in [0.15, 0.2) is 0 Å². The molecule has 0 spiro atoms. The summed E-state index contributed by atoms with van der Waals surface area (Å²) in [5, 5.41) is 49.9. The number of unbranched alkanes of at least 4 members (excludes halogenated alkanes) is 3. The van der Waals surface area contributed by atoms with E-state index in [2.05, 4.69) is 65.4 Å². The Morgan fingerprint density at radius 2 is 1.06 bits per heavy atom. The predicted molar refractivity (Wildman–Crippen MR) is 341 cm³/mol. The van der Waals surface area contributed by atoms with Crippen molar-refractivity contribution in [2.45, 2.75) is 178 Å². The molecule has 30 heteroatoms. The number of carbonyl (C=O) groups excluding carboxylic acids is 11. The molecule has 0 radical (unpaired) electrons. The third-order valence-corrected chi connectivity index (χ3v) is 15.7. The monoisotopic (exact) mass is 1280 g/mol. The van der Waals surface area contributed by atoms with Crippen molar-refractivity contribution >= 4 is 76.7 Å². The lowest BCUT2D eigenvalue weighted by molar-refractivity contribution is -0.136. The van der Waals surface area contributed by atoms with Crippen molar-refractivity contribution in [2.24, 2.45) is 34.6 Å². The van der Waals surface area contributed by atoms with E-state index < -0.39 is 151 Å². The molecule has 90 heavy (non-hydrogen) atoms. The Kier molecular flexibility index (Phi) is 35.2. The molecule has 2 aromatic rings. The minimum atomic E-state index is -1.74. The Hall–Kier alpha value is -7.32. The molecule has 29 nitrogen and oxygen atoms in total. The number of thioether (sulfide) groups is 1. The fourth-order valence-corrected chi connectivity index (χ4v) is 10.6. The maximum atomic E-state index is 14.6. The van der Waals surface area contributed by atoms with Gasteiger partial charge in [0.1, 0.15) is 60.4 Å². The van der Waals surface area contributed by atoms with Crippen molar-refractivity contribution in [3.63, 3.8) is 0 Å². The third-order valence-electron chi connectivity index (χ3n) is 14.6. The van der Waals surface area contributed by atoms with Crippen LogP contribution in [0.2, 0.25) is 0 Å². The summed E-state index contributed by atoms with van der Waals surface area (Å²) in [6, 6.07) is 1.25. The Labute approximate surface area is 530 Å². The molecule has 2 unspecified atom stereocenters. The van der Waals surface area contributed by atoms with Gasteiger partial charge >= 0.3 is 0 Å². The maximum absolute atomic E-state index is 14.6. The highest BCUT2D eigenvalue weighted by atomic mass is 32.2. The van der Waals surface area contributed by atoms with Crippen LogP contribution >= 0.6 is 11.8 Å². The number of nitrogens with one attached hydrogen (secondary N) is 11. The van der Waals surface area contributed by atoms with E-state index in [0.717, 1.165) is 36.8 Å². The zero-order valence-corrected chi connectivity index (χ0v) is 53.1. The van der Waals surface area contributed by atoms with E-state index in [0.29, 0.717) is 5.75 Å². The average Bonchev–Trinajstić information content (AvgIpc) is 3.53. The number of hydrogen-bond donors (Lipinski definition) is 18. The van der Waals surface area contributed by atoms with E-state index in [1.54, 1.807) is 38.1 Å². The van der Waals surface area contributed by atoms with Crippen LogP contribution in [0.25, 0.3) is 11.1 Å². The summed E-state index contributed by atoms with van der Waals surface area (Å²) in [5.74, 6) is -9.49. The largest absolute Gasteiger partial charge is 0.391 e. The highest BCUT2D eigenvalue weighted by Crippen LogP contribution is 2.20. The summed E-state index contributed by atoms with van der Waals surface area (Å²) >= 11 is 1.37. The van der Waals surface area contributed by atoms with E-state index in [-0.39, 0.29) is 88.5 Å². The van der Waals surface area contributed by atoms with Crippen LogP contribution in [0.15, 0.2) is 54.6 Å². The molecule has 1 fully saturated rings. The van der Waals surface area contributed by atoms with Crippen molar-refractivity contribution in [1.29, 1.82) is 0 Å². The van der Waals surface area contributed by atoms with Crippen LogP contribution in [0.5, 0.6) is 0 Å². The topological polar surface area (TPSA) is 491 Å². The van der Waals surface area contributed by atoms with Crippen LogP contribution in [0.1, 0.15) is 116 Å². The summed E-state index contributed by atoms with van der Waals surface area (Å²) in [4.78, 5) is 155. The first-order valence-electron chi connectivity index (χ1n) is 30.8. The molecule has 0 saturated carbocycles. The minimum Gasteiger partial charge on any atom is -0.391 e. The lowest BCUT2D eigenvalue weighted by atomic mass is 10.0. The lowest BCUT2D eigenvalue weighted by Crippen LogP contribution is -2.62. The molecule has 2 aromatic carbocycles. The average molecular weight is 1280 g/mol. The first-order chi connectivity index (χ1) is 42.9. The first-order valence-corrected chi connectivity index (χ1v) is 32.0. The van der Waals surface area contributed by atoms with Crippen LogP contribution < -0.4 is 87.2 Å². The minimum absolute atomic E-state index is 0.0150. The Morgan fingerprint density at radius 1 is 0.556 bits per heavy atom. The van der Waals surface area contributed by atoms with Gasteiger partial charge in [-0.2, -0.15) is 11.8 Å². The Bertz CT molecular complexity index is 2640. The molecule has 1 heterocycles. The highest BCUT2D eigenvalue weighted by Gasteiger charge is 2.38. The molecular formula is C60H98N16O13S. The zero-order valence-electron chi connectivity index (χ0n) is 52.3.